The fraction of sp³-hybridized carbons (Fsp3) is 0.607. The normalized spacial score (nSPS) is 23.0. The molecule has 1 aliphatic carbocycles. The second-order valence-corrected chi connectivity index (χ2v) is 11.1. The van der Waals surface area contributed by atoms with Gasteiger partial charge in [-0.3, -0.25) is 4.79 Å². The first-order valence-electron chi connectivity index (χ1n) is 13.3. The van der Waals surface area contributed by atoms with Gasteiger partial charge in [-0.1, -0.05) is 6.07 Å². The maximum Gasteiger partial charge on any atom is 0.227 e. The number of benzene rings is 1. The molecule has 1 aromatic carbocycles. The van der Waals surface area contributed by atoms with Crippen molar-refractivity contribution < 1.29 is 23.8 Å². The van der Waals surface area contributed by atoms with Gasteiger partial charge in [0.05, 0.1) is 38.3 Å². The van der Waals surface area contributed by atoms with Gasteiger partial charge in [-0.25, -0.2) is 14.4 Å². The van der Waals surface area contributed by atoms with E-state index in [-0.39, 0.29) is 12.3 Å². The van der Waals surface area contributed by atoms with Crippen LogP contribution in [0.25, 0.3) is 0 Å². The summed E-state index contributed by atoms with van der Waals surface area (Å²) < 4.78 is 25.5. The van der Waals surface area contributed by atoms with Crippen molar-refractivity contribution in [3.63, 3.8) is 0 Å². The number of carbonyl (C=O) groups excluding carboxylic acids is 1. The van der Waals surface area contributed by atoms with E-state index in [1.54, 1.807) is 31.1 Å². The minimum atomic E-state index is -0.823. The van der Waals surface area contributed by atoms with Crippen LogP contribution in [-0.2, 0) is 22.6 Å². The number of hydrogen-bond donors (Lipinski definition) is 1. The molecule has 0 radical (unpaired) electrons. The van der Waals surface area contributed by atoms with Gasteiger partial charge >= 0.3 is 0 Å². The summed E-state index contributed by atoms with van der Waals surface area (Å²) in [5, 5.41) is 9.79. The number of ether oxygens (including phenoxy) is 2. The molecule has 3 aliphatic rings. The van der Waals surface area contributed by atoms with Gasteiger partial charge < -0.3 is 24.4 Å². The first kappa shape index (κ1) is 25.9. The molecular formula is C28H37FN4O4. The zero-order chi connectivity index (χ0) is 26.0. The molecule has 1 aromatic heterocycles. The average molecular weight is 513 g/mol. The summed E-state index contributed by atoms with van der Waals surface area (Å²) >= 11 is 0. The Bertz CT molecular complexity index is 1080. The summed E-state index contributed by atoms with van der Waals surface area (Å²) in [6.07, 6.45) is 8.22. The Kier molecular flexibility index (Phi) is 7.62. The van der Waals surface area contributed by atoms with Gasteiger partial charge in [0.25, 0.3) is 0 Å². The number of rotatable bonds is 10. The van der Waals surface area contributed by atoms with E-state index in [0.29, 0.717) is 43.5 Å². The SMILES string of the molecule is COCc1cnc(N2CCC(C3CC3CCOc3ccc(CC(=O)N4CC(C)(O)C4)c(F)c3)CC2)nc1. The first-order chi connectivity index (χ1) is 17.8. The lowest BCUT2D eigenvalue weighted by Gasteiger charge is -2.44. The van der Waals surface area contributed by atoms with E-state index in [4.69, 9.17) is 9.47 Å². The van der Waals surface area contributed by atoms with Crippen molar-refractivity contribution in [1.29, 1.82) is 0 Å². The number of aromatic nitrogens is 2. The molecule has 1 saturated carbocycles. The highest BCUT2D eigenvalue weighted by molar-refractivity contribution is 5.80. The van der Waals surface area contributed by atoms with Crippen LogP contribution in [0.1, 0.15) is 43.7 Å². The predicted molar refractivity (Wildman–Crippen MR) is 137 cm³/mol. The third-order valence-corrected chi connectivity index (χ3v) is 7.95. The minimum Gasteiger partial charge on any atom is -0.493 e. The quantitative estimate of drug-likeness (QED) is 0.523. The lowest BCUT2D eigenvalue weighted by Crippen LogP contribution is -2.62. The smallest absolute Gasteiger partial charge is 0.227 e. The van der Waals surface area contributed by atoms with Gasteiger partial charge in [-0.2, -0.15) is 0 Å². The number of methoxy groups -OCH3 is 1. The molecule has 1 amide bonds. The van der Waals surface area contributed by atoms with E-state index in [2.05, 4.69) is 14.9 Å². The number of halogens is 1. The zero-order valence-corrected chi connectivity index (χ0v) is 21.7. The van der Waals surface area contributed by atoms with Crippen molar-refractivity contribution in [2.24, 2.45) is 17.8 Å². The van der Waals surface area contributed by atoms with Gasteiger partial charge in [0, 0.05) is 44.2 Å². The monoisotopic (exact) mass is 512 g/mol. The van der Waals surface area contributed by atoms with Crippen molar-refractivity contribution in [1.82, 2.24) is 14.9 Å². The van der Waals surface area contributed by atoms with Crippen LogP contribution in [0.4, 0.5) is 10.3 Å². The molecule has 0 bridgehead atoms. The van der Waals surface area contributed by atoms with Gasteiger partial charge in [-0.05, 0) is 62.0 Å². The lowest BCUT2D eigenvalue weighted by atomic mass is 9.90. The van der Waals surface area contributed by atoms with E-state index in [1.165, 1.54) is 12.5 Å². The molecule has 1 N–H and O–H groups in total. The standard InChI is InChI=1S/C28H37FN4O4/c1-28(35)17-33(18-28)26(34)12-22-3-4-23(13-25(22)29)37-10-7-21-11-24(21)20-5-8-32(9-6-20)27-30-14-19(15-31-27)16-36-2/h3-4,13-15,20-21,24,35H,5-12,16-18H2,1-2H3. The van der Waals surface area contributed by atoms with Gasteiger partial charge in [0.2, 0.25) is 11.9 Å². The van der Waals surface area contributed by atoms with Crippen molar-refractivity contribution >= 4 is 11.9 Å². The molecule has 0 spiro atoms. The number of nitrogens with zero attached hydrogens (tertiary/aromatic N) is 4. The number of hydrogen-bond acceptors (Lipinski definition) is 7. The van der Waals surface area contributed by atoms with Crippen LogP contribution < -0.4 is 9.64 Å². The van der Waals surface area contributed by atoms with Crippen LogP contribution in [0.5, 0.6) is 5.75 Å². The van der Waals surface area contributed by atoms with E-state index in [9.17, 15) is 14.3 Å². The number of β-amino-alcohol motifs (C(OH)–C–C–N with tert-alkyl or cyclic N) is 1. The maximum absolute atomic E-state index is 14.5. The molecule has 2 unspecified atom stereocenters. The van der Waals surface area contributed by atoms with Crippen LogP contribution in [0.3, 0.4) is 0 Å². The first-order valence-corrected chi connectivity index (χ1v) is 13.3. The Labute approximate surface area is 217 Å². The summed E-state index contributed by atoms with van der Waals surface area (Å²) in [4.78, 5) is 25.1. The molecule has 2 atom stereocenters. The summed E-state index contributed by atoms with van der Waals surface area (Å²) in [6.45, 7) is 5.36. The molecule has 5 rings (SSSR count). The van der Waals surface area contributed by atoms with Gasteiger partial charge in [0.1, 0.15) is 11.6 Å². The Morgan fingerprint density at radius 1 is 1.22 bits per heavy atom. The highest BCUT2D eigenvalue weighted by Gasteiger charge is 2.43. The van der Waals surface area contributed by atoms with Crippen molar-refractivity contribution in [3.05, 3.63) is 47.5 Å². The second kappa shape index (κ2) is 10.9. The Hall–Kier alpha value is -2.78. The summed E-state index contributed by atoms with van der Waals surface area (Å²) in [5.74, 6) is 2.87. The number of piperidine rings is 1. The molecule has 8 nitrogen and oxygen atoms in total. The fourth-order valence-electron chi connectivity index (χ4n) is 5.78. The van der Waals surface area contributed by atoms with Gasteiger partial charge in [-0.15, -0.1) is 0 Å². The molecule has 3 heterocycles. The highest BCUT2D eigenvalue weighted by Crippen LogP contribution is 2.49. The molecular weight excluding hydrogens is 475 g/mol. The molecule has 9 heteroatoms. The minimum absolute atomic E-state index is 0.00395. The number of aliphatic hydroxyl groups is 1. The van der Waals surface area contributed by atoms with E-state index < -0.39 is 11.4 Å². The molecule has 2 aromatic rings. The predicted octanol–water partition coefficient (Wildman–Crippen LogP) is 3.22. The number of carbonyl (C=O) groups is 1. The molecule has 37 heavy (non-hydrogen) atoms. The van der Waals surface area contributed by atoms with E-state index in [1.807, 2.05) is 12.4 Å². The fourth-order valence-corrected chi connectivity index (χ4v) is 5.78. The second-order valence-electron chi connectivity index (χ2n) is 11.1. The zero-order valence-electron chi connectivity index (χ0n) is 21.7. The molecule has 2 saturated heterocycles. The third kappa shape index (κ3) is 6.38. The maximum atomic E-state index is 14.5. The van der Waals surface area contributed by atoms with Crippen molar-refractivity contribution in [2.75, 3.05) is 44.8 Å². The summed E-state index contributed by atoms with van der Waals surface area (Å²) in [7, 11) is 1.67. The Morgan fingerprint density at radius 3 is 2.59 bits per heavy atom. The number of likely N-dealkylation sites (tertiary alicyclic amines) is 1. The van der Waals surface area contributed by atoms with E-state index >= 15 is 0 Å². The number of amides is 1. The Morgan fingerprint density at radius 2 is 1.95 bits per heavy atom. The van der Waals surface area contributed by atoms with Crippen LogP contribution in [-0.4, -0.2) is 71.4 Å². The van der Waals surface area contributed by atoms with E-state index in [0.717, 1.165) is 55.7 Å². The summed E-state index contributed by atoms with van der Waals surface area (Å²) in [5.41, 5.74) is 0.514. The van der Waals surface area contributed by atoms with Crippen LogP contribution in [0.15, 0.2) is 30.6 Å². The molecule has 3 fully saturated rings. The largest absolute Gasteiger partial charge is 0.493 e. The average Bonchev–Trinajstić information content (AvgIpc) is 3.64. The molecule has 200 valence electrons. The number of anilines is 1. The summed E-state index contributed by atoms with van der Waals surface area (Å²) in [6, 6.07) is 4.74. The van der Waals surface area contributed by atoms with Crippen LogP contribution >= 0.6 is 0 Å². The molecule has 2 aliphatic heterocycles. The van der Waals surface area contributed by atoms with Crippen LogP contribution in [0, 0.1) is 23.6 Å². The highest BCUT2D eigenvalue weighted by atomic mass is 19.1. The Balaban J connectivity index is 1.01. The third-order valence-electron chi connectivity index (χ3n) is 7.95. The van der Waals surface area contributed by atoms with Gasteiger partial charge in [0.15, 0.2) is 0 Å². The van der Waals surface area contributed by atoms with Crippen molar-refractivity contribution in [3.8, 4) is 5.75 Å². The topological polar surface area (TPSA) is 88.0 Å². The van der Waals surface area contributed by atoms with Crippen molar-refractivity contribution in [2.45, 2.75) is 51.2 Å². The van der Waals surface area contributed by atoms with Crippen LogP contribution in [0.2, 0.25) is 0 Å². The lowest BCUT2D eigenvalue weighted by molar-refractivity contribution is -0.151.